The molecule has 0 radical (unpaired) electrons. The van der Waals surface area contributed by atoms with Gasteiger partial charge in [-0.1, -0.05) is 22.9 Å². The molecule has 0 aliphatic carbocycles. The highest BCUT2D eigenvalue weighted by Gasteiger charge is 2.42. The van der Waals surface area contributed by atoms with Crippen LogP contribution >= 0.6 is 15.9 Å². The second-order valence-electron chi connectivity index (χ2n) is 6.12. The summed E-state index contributed by atoms with van der Waals surface area (Å²) in [7, 11) is 0. The molecule has 2 aliphatic rings. The molecule has 3 nitrogen and oxygen atoms in total. The number of halogens is 1. The van der Waals surface area contributed by atoms with E-state index in [4.69, 9.17) is 10.5 Å². The monoisotopic (exact) mass is 338 g/mol. The first-order valence-corrected chi connectivity index (χ1v) is 8.37. The Morgan fingerprint density at radius 2 is 2.15 bits per heavy atom. The zero-order chi connectivity index (χ0) is 14.2. The van der Waals surface area contributed by atoms with Gasteiger partial charge in [0.2, 0.25) is 0 Å². The molecule has 4 heteroatoms. The summed E-state index contributed by atoms with van der Waals surface area (Å²) >= 11 is 3.51. The molecular weight excluding hydrogens is 316 g/mol. The van der Waals surface area contributed by atoms with Gasteiger partial charge in [0.05, 0.1) is 0 Å². The third-order valence-electron chi connectivity index (χ3n) is 4.60. The van der Waals surface area contributed by atoms with Gasteiger partial charge >= 0.3 is 0 Å². The van der Waals surface area contributed by atoms with E-state index in [0.29, 0.717) is 0 Å². The van der Waals surface area contributed by atoms with Crippen LogP contribution in [0.1, 0.15) is 44.2 Å². The van der Waals surface area contributed by atoms with Crippen LogP contribution in [-0.2, 0) is 0 Å². The normalized spacial score (nSPS) is 25.2. The van der Waals surface area contributed by atoms with Crippen LogP contribution in [0.25, 0.3) is 0 Å². The van der Waals surface area contributed by atoms with Crippen molar-refractivity contribution in [1.29, 1.82) is 0 Å². The zero-order valence-corrected chi connectivity index (χ0v) is 13.7. The third kappa shape index (κ3) is 2.74. The molecule has 0 aromatic heterocycles. The number of rotatable bonds is 2. The molecule has 0 amide bonds. The topological polar surface area (TPSA) is 38.5 Å². The number of fused-ring (bicyclic) bond motifs is 1. The van der Waals surface area contributed by atoms with Crippen molar-refractivity contribution in [2.24, 2.45) is 5.73 Å². The van der Waals surface area contributed by atoms with Crippen LogP contribution in [0.3, 0.4) is 0 Å². The molecule has 1 spiro atoms. The van der Waals surface area contributed by atoms with Crippen LogP contribution in [0.2, 0.25) is 0 Å². The lowest BCUT2D eigenvalue weighted by Crippen LogP contribution is -2.51. The number of likely N-dealkylation sites (tertiary alicyclic amines) is 1. The number of nitrogens with zero attached hydrogens (tertiary/aromatic N) is 1. The molecule has 20 heavy (non-hydrogen) atoms. The molecule has 2 aliphatic heterocycles. The van der Waals surface area contributed by atoms with E-state index in [1.54, 1.807) is 0 Å². The quantitative estimate of drug-likeness (QED) is 0.897. The minimum atomic E-state index is -0.0372. The fraction of sp³-hybridized carbons (Fsp3) is 0.625. The fourth-order valence-corrected chi connectivity index (χ4v) is 3.87. The van der Waals surface area contributed by atoms with Crippen molar-refractivity contribution in [3.05, 3.63) is 28.2 Å². The van der Waals surface area contributed by atoms with Crippen LogP contribution < -0.4 is 10.5 Å². The maximum absolute atomic E-state index is 6.40. The van der Waals surface area contributed by atoms with Crippen LogP contribution in [0.5, 0.6) is 5.75 Å². The van der Waals surface area contributed by atoms with E-state index in [1.165, 1.54) is 13.0 Å². The fourth-order valence-electron chi connectivity index (χ4n) is 3.49. The Morgan fingerprint density at radius 1 is 1.40 bits per heavy atom. The maximum Gasteiger partial charge on any atom is 0.124 e. The second-order valence-corrected chi connectivity index (χ2v) is 7.04. The van der Waals surface area contributed by atoms with E-state index in [2.05, 4.69) is 39.9 Å². The van der Waals surface area contributed by atoms with Crippen molar-refractivity contribution in [2.45, 2.75) is 44.2 Å². The molecule has 110 valence electrons. The molecule has 1 fully saturated rings. The van der Waals surface area contributed by atoms with Gasteiger partial charge in [-0.25, -0.2) is 0 Å². The first kappa shape index (κ1) is 14.4. The van der Waals surface area contributed by atoms with E-state index < -0.39 is 0 Å². The maximum atomic E-state index is 6.40. The van der Waals surface area contributed by atoms with Gasteiger partial charge in [-0.2, -0.15) is 0 Å². The van der Waals surface area contributed by atoms with Gasteiger partial charge in [-0.3, -0.25) is 0 Å². The Labute approximate surface area is 129 Å². The predicted octanol–water partition coefficient (Wildman–Crippen LogP) is 3.48. The van der Waals surface area contributed by atoms with E-state index in [9.17, 15) is 0 Å². The highest BCUT2D eigenvalue weighted by molar-refractivity contribution is 9.10. The summed E-state index contributed by atoms with van der Waals surface area (Å²) in [5.74, 6) is 0.982. The van der Waals surface area contributed by atoms with Crippen LogP contribution in [0.4, 0.5) is 0 Å². The summed E-state index contributed by atoms with van der Waals surface area (Å²) in [6, 6.07) is 6.28. The molecule has 0 bridgehead atoms. The van der Waals surface area contributed by atoms with Crippen molar-refractivity contribution in [2.75, 3.05) is 19.6 Å². The van der Waals surface area contributed by atoms with Crippen LogP contribution in [0.15, 0.2) is 22.7 Å². The Balaban J connectivity index is 1.76. The molecule has 1 aromatic carbocycles. The summed E-state index contributed by atoms with van der Waals surface area (Å²) in [4.78, 5) is 2.54. The standard InChI is InChI=1S/C16H23BrN2O/c1-2-7-19-8-5-16(6-9-19)11-14(18)13-10-12(17)3-4-15(13)20-16/h3-4,10,14H,2,5-9,11,18H2,1H3/t14-/m0/s1. The number of ether oxygens (including phenoxy) is 1. The summed E-state index contributed by atoms with van der Waals surface area (Å²) in [5, 5.41) is 0. The molecule has 2 N–H and O–H groups in total. The van der Waals surface area contributed by atoms with E-state index in [0.717, 1.165) is 48.1 Å². The van der Waals surface area contributed by atoms with E-state index in [-0.39, 0.29) is 11.6 Å². The van der Waals surface area contributed by atoms with Crippen molar-refractivity contribution < 1.29 is 4.74 Å². The number of benzene rings is 1. The first-order chi connectivity index (χ1) is 9.62. The molecule has 3 rings (SSSR count). The first-order valence-electron chi connectivity index (χ1n) is 7.58. The van der Waals surface area contributed by atoms with Gasteiger partial charge in [0.15, 0.2) is 0 Å². The molecular formula is C16H23BrN2O. The average Bonchev–Trinajstić information content (AvgIpc) is 2.43. The SMILES string of the molecule is CCCN1CCC2(CC1)C[C@H](N)c1cc(Br)ccc1O2. The molecule has 2 heterocycles. The summed E-state index contributed by atoms with van der Waals surface area (Å²) in [5.41, 5.74) is 7.50. The Hall–Kier alpha value is -0.580. The average molecular weight is 339 g/mol. The van der Waals surface area contributed by atoms with Crippen LogP contribution in [0, 0.1) is 0 Å². The van der Waals surface area contributed by atoms with Gasteiger partial charge in [-0.05, 0) is 44.0 Å². The highest BCUT2D eigenvalue weighted by atomic mass is 79.9. The van der Waals surface area contributed by atoms with Crippen molar-refractivity contribution in [3.63, 3.8) is 0 Å². The van der Waals surface area contributed by atoms with Crippen molar-refractivity contribution in [1.82, 2.24) is 4.90 Å². The van der Waals surface area contributed by atoms with Gasteiger partial charge < -0.3 is 15.4 Å². The van der Waals surface area contributed by atoms with Crippen LogP contribution in [-0.4, -0.2) is 30.1 Å². The minimum absolute atomic E-state index is 0.0372. The summed E-state index contributed by atoms with van der Waals surface area (Å²) in [6.07, 6.45) is 4.35. The molecule has 0 saturated carbocycles. The van der Waals surface area contributed by atoms with Crippen molar-refractivity contribution in [3.8, 4) is 5.75 Å². The summed E-state index contributed by atoms with van der Waals surface area (Å²) in [6.45, 7) is 5.70. The summed E-state index contributed by atoms with van der Waals surface area (Å²) < 4.78 is 7.46. The largest absolute Gasteiger partial charge is 0.487 e. The number of hydrogen-bond acceptors (Lipinski definition) is 3. The number of nitrogens with two attached hydrogens (primary N) is 1. The lowest BCUT2D eigenvalue weighted by Gasteiger charge is -2.46. The molecule has 1 atom stereocenters. The van der Waals surface area contributed by atoms with Crippen molar-refractivity contribution >= 4 is 15.9 Å². The minimum Gasteiger partial charge on any atom is -0.487 e. The lowest BCUT2D eigenvalue weighted by molar-refractivity contribution is -0.0216. The lowest BCUT2D eigenvalue weighted by atomic mass is 9.81. The Bertz CT molecular complexity index is 483. The number of piperidine rings is 1. The molecule has 1 saturated heterocycles. The molecule has 0 unspecified atom stereocenters. The van der Waals surface area contributed by atoms with Gasteiger partial charge in [-0.15, -0.1) is 0 Å². The predicted molar refractivity (Wildman–Crippen MR) is 85.0 cm³/mol. The third-order valence-corrected chi connectivity index (χ3v) is 5.09. The second kappa shape index (κ2) is 5.66. The molecule has 1 aromatic rings. The zero-order valence-electron chi connectivity index (χ0n) is 12.1. The van der Waals surface area contributed by atoms with E-state index in [1.807, 2.05) is 6.07 Å². The smallest absolute Gasteiger partial charge is 0.124 e. The van der Waals surface area contributed by atoms with Gasteiger partial charge in [0.1, 0.15) is 11.4 Å². The van der Waals surface area contributed by atoms with Gasteiger partial charge in [0.25, 0.3) is 0 Å². The van der Waals surface area contributed by atoms with Gasteiger partial charge in [0, 0.05) is 35.6 Å². The Kier molecular flexibility index (Phi) is 4.07. The number of hydrogen-bond donors (Lipinski definition) is 1. The Morgan fingerprint density at radius 3 is 2.85 bits per heavy atom. The van der Waals surface area contributed by atoms with E-state index >= 15 is 0 Å². The highest BCUT2D eigenvalue weighted by Crippen LogP contribution is 2.44.